The van der Waals surface area contributed by atoms with Crippen molar-refractivity contribution in [2.45, 2.75) is 44.5 Å². The zero-order valence-electron chi connectivity index (χ0n) is 16.3. The smallest absolute Gasteiger partial charge is 0.475 e. The lowest BCUT2D eigenvalue weighted by Gasteiger charge is -2.21. The number of carboxylic acids is 1. The average Bonchev–Trinajstić information content (AvgIpc) is 2.80. The van der Waals surface area contributed by atoms with Crippen LogP contribution in [0.5, 0.6) is 0 Å². The molecule has 0 radical (unpaired) electrons. The minimum absolute atomic E-state index is 0.229. The summed E-state index contributed by atoms with van der Waals surface area (Å²) in [5, 5.41) is 6.90. The number of rotatable bonds is 3. The van der Waals surface area contributed by atoms with Crippen molar-refractivity contribution in [1.29, 1.82) is 0 Å². The second kappa shape index (κ2) is 9.24. The van der Waals surface area contributed by atoms with Crippen LogP contribution < -0.4 is 4.90 Å². The van der Waals surface area contributed by atoms with E-state index in [1.165, 1.54) is 0 Å². The Labute approximate surface area is 167 Å². The van der Waals surface area contributed by atoms with E-state index >= 15 is 0 Å². The lowest BCUT2D eigenvalue weighted by atomic mass is 10.0. The largest absolute Gasteiger partial charge is 0.490 e. The van der Waals surface area contributed by atoms with Crippen molar-refractivity contribution in [3.8, 4) is 0 Å². The van der Waals surface area contributed by atoms with Crippen molar-refractivity contribution in [2.75, 3.05) is 31.1 Å². The van der Waals surface area contributed by atoms with Gasteiger partial charge in [-0.15, -0.1) is 0 Å². The van der Waals surface area contributed by atoms with Gasteiger partial charge in [-0.3, -0.25) is 0 Å². The number of hydrogen-bond donors (Lipinski definition) is 1. The van der Waals surface area contributed by atoms with Crippen LogP contribution in [-0.4, -0.2) is 71.4 Å². The van der Waals surface area contributed by atoms with Gasteiger partial charge < -0.3 is 10.0 Å². The summed E-state index contributed by atoms with van der Waals surface area (Å²) in [5.41, 5.74) is 1.12. The maximum Gasteiger partial charge on any atom is 0.490 e. The summed E-state index contributed by atoms with van der Waals surface area (Å²) in [5.74, 6) is -1.79. The molecule has 3 heterocycles. The van der Waals surface area contributed by atoms with Crippen molar-refractivity contribution < 1.29 is 31.5 Å². The normalized spacial score (nSPS) is 24.2. The fourth-order valence-electron chi connectivity index (χ4n) is 3.50. The standard InChI is InChI=1S/C15H24N4O2S.C2HF3O2/c1-3-12-9-16-15(17-10-12)18-7-5-13-11-19(4-2)22(20,21)14(13)6-8-18;3-2(4,5)1(6)7/h9-10,13-14H,3-8,11H2,1-2H3;(H,6,7)/t13-,14-;/m1./s1. The van der Waals surface area contributed by atoms with Gasteiger partial charge in [0.2, 0.25) is 16.0 Å². The molecule has 1 N–H and O–H groups in total. The molecule has 0 bridgehead atoms. The minimum Gasteiger partial charge on any atom is -0.475 e. The van der Waals surface area contributed by atoms with E-state index in [1.807, 2.05) is 19.3 Å². The zero-order chi connectivity index (χ0) is 21.8. The summed E-state index contributed by atoms with van der Waals surface area (Å²) in [4.78, 5) is 19.9. The van der Waals surface area contributed by atoms with E-state index in [1.54, 1.807) is 4.31 Å². The minimum atomic E-state index is -5.08. The molecule has 2 fully saturated rings. The van der Waals surface area contributed by atoms with Crippen molar-refractivity contribution in [3.05, 3.63) is 18.0 Å². The molecule has 0 aliphatic carbocycles. The van der Waals surface area contributed by atoms with Crippen LogP contribution in [0.15, 0.2) is 12.4 Å². The van der Waals surface area contributed by atoms with Gasteiger partial charge in [0.15, 0.2) is 0 Å². The fraction of sp³-hybridized carbons (Fsp3) is 0.706. The Kier molecular flexibility index (Phi) is 7.44. The summed E-state index contributed by atoms with van der Waals surface area (Å²) in [7, 11) is -3.11. The summed E-state index contributed by atoms with van der Waals surface area (Å²) < 4.78 is 58.4. The topological polar surface area (TPSA) is 104 Å². The van der Waals surface area contributed by atoms with Crippen LogP contribution in [-0.2, 0) is 21.2 Å². The summed E-state index contributed by atoms with van der Waals surface area (Å²) in [6.45, 7) is 6.80. The highest BCUT2D eigenvalue weighted by Gasteiger charge is 2.46. The van der Waals surface area contributed by atoms with Gasteiger partial charge in [-0.2, -0.15) is 13.2 Å². The van der Waals surface area contributed by atoms with Crippen LogP contribution in [0.25, 0.3) is 0 Å². The molecular formula is C17H25F3N4O4S. The number of anilines is 1. The molecule has 0 saturated carbocycles. The van der Waals surface area contributed by atoms with E-state index in [0.717, 1.165) is 30.9 Å². The molecule has 0 unspecified atom stereocenters. The SMILES string of the molecule is CCc1cnc(N2CC[C@@H]3CN(CC)S(=O)(=O)[C@@H]3CC2)nc1.O=C(O)C(F)(F)F. The first-order valence-corrected chi connectivity index (χ1v) is 10.9. The highest BCUT2D eigenvalue weighted by atomic mass is 32.2. The van der Waals surface area contributed by atoms with Crippen LogP contribution in [0.4, 0.5) is 19.1 Å². The number of nitrogens with zero attached hydrogens (tertiary/aromatic N) is 4. The number of halogens is 3. The van der Waals surface area contributed by atoms with Crippen molar-refractivity contribution in [1.82, 2.24) is 14.3 Å². The Balaban J connectivity index is 0.000000370. The number of sulfonamides is 1. The molecule has 8 nitrogen and oxygen atoms in total. The molecule has 0 aromatic carbocycles. The van der Waals surface area contributed by atoms with Crippen LogP contribution in [0.3, 0.4) is 0 Å². The zero-order valence-corrected chi connectivity index (χ0v) is 17.1. The lowest BCUT2D eigenvalue weighted by Crippen LogP contribution is -2.32. The Hall–Kier alpha value is -1.95. The maximum atomic E-state index is 12.5. The van der Waals surface area contributed by atoms with E-state index in [0.29, 0.717) is 26.1 Å². The van der Waals surface area contributed by atoms with E-state index in [2.05, 4.69) is 21.8 Å². The Bertz CT molecular complexity index is 802. The van der Waals surface area contributed by atoms with Gasteiger partial charge in [0.05, 0.1) is 5.25 Å². The van der Waals surface area contributed by atoms with Crippen LogP contribution in [0.1, 0.15) is 32.3 Å². The van der Waals surface area contributed by atoms with Crippen molar-refractivity contribution >= 4 is 21.9 Å². The first-order chi connectivity index (χ1) is 13.5. The van der Waals surface area contributed by atoms with E-state index in [9.17, 15) is 21.6 Å². The molecule has 3 rings (SSSR count). The molecule has 29 heavy (non-hydrogen) atoms. The number of carbonyl (C=O) groups is 1. The highest BCUT2D eigenvalue weighted by molar-refractivity contribution is 7.90. The lowest BCUT2D eigenvalue weighted by molar-refractivity contribution is -0.192. The number of aryl methyl sites for hydroxylation is 1. The van der Waals surface area contributed by atoms with E-state index in [-0.39, 0.29) is 11.2 Å². The van der Waals surface area contributed by atoms with Crippen molar-refractivity contribution in [2.24, 2.45) is 5.92 Å². The number of hydrogen-bond acceptors (Lipinski definition) is 6. The summed E-state index contributed by atoms with van der Waals surface area (Å²) in [6.07, 6.45) is 1.13. The summed E-state index contributed by atoms with van der Waals surface area (Å²) >= 11 is 0. The van der Waals surface area contributed by atoms with Crippen LogP contribution >= 0.6 is 0 Å². The monoisotopic (exact) mass is 438 g/mol. The Morgan fingerprint density at radius 2 is 1.76 bits per heavy atom. The molecule has 2 atom stereocenters. The first-order valence-electron chi connectivity index (χ1n) is 9.35. The van der Waals surface area contributed by atoms with Gasteiger partial charge >= 0.3 is 12.1 Å². The van der Waals surface area contributed by atoms with E-state index < -0.39 is 22.2 Å². The molecule has 1 aromatic rings. The third-order valence-electron chi connectivity index (χ3n) is 5.14. The Morgan fingerprint density at radius 3 is 2.24 bits per heavy atom. The van der Waals surface area contributed by atoms with Gasteiger partial charge in [0.25, 0.3) is 0 Å². The quantitative estimate of drug-likeness (QED) is 0.769. The van der Waals surface area contributed by atoms with Gasteiger partial charge in [-0.05, 0) is 30.7 Å². The molecule has 1 aromatic heterocycles. The molecule has 0 amide bonds. The van der Waals surface area contributed by atoms with Gasteiger partial charge in [0, 0.05) is 38.6 Å². The van der Waals surface area contributed by atoms with E-state index in [4.69, 9.17) is 9.90 Å². The average molecular weight is 438 g/mol. The molecule has 164 valence electrons. The first kappa shape index (κ1) is 23.3. The Morgan fingerprint density at radius 1 is 1.21 bits per heavy atom. The van der Waals surface area contributed by atoms with Gasteiger partial charge in [-0.25, -0.2) is 27.5 Å². The number of aliphatic carboxylic acids is 1. The number of fused-ring (bicyclic) bond motifs is 1. The predicted octanol–water partition coefficient (Wildman–Crippen LogP) is 1.92. The van der Waals surface area contributed by atoms with Gasteiger partial charge in [0.1, 0.15) is 0 Å². The highest BCUT2D eigenvalue weighted by Crippen LogP contribution is 2.34. The molecule has 2 aliphatic heterocycles. The van der Waals surface area contributed by atoms with Crippen LogP contribution in [0.2, 0.25) is 0 Å². The molecule has 2 aliphatic rings. The fourth-order valence-corrected chi connectivity index (χ4v) is 5.75. The van der Waals surface area contributed by atoms with Gasteiger partial charge in [-0.1, -0.05) is 13.8 Å². The number of alkyl halides is 3. The third kappa shape index (κ3) is 5.56. The second-order valence-electron chi connectivity index (χ2n) is 6.91. The molecule has 12 heteroatoms. The molecule has 0 spiro atoms. The van der Waals surface area contributed by atoms with Crippen molar-refractivity contribution in [3.63, 3.8) is 0 Å². The van der Waals surface area contributed by atoms with Crippen LogP contribution in [0, 0.1) is 5.92 Å². The second-order valence-corrected chi connectivity index (χ2v) is 9.06. The third-order valence-corrected chi connectivity index (χ3v) is 7.65. The maximum absolute atomic E-state index is 12.5. The molecule has 2 saturated heterocycles. The predicted molar refractivity (Wildman–Crippen MR) is 100.0 cm³/mol. The number of aromatic nitrogens is 2. The number of carboxylic acid groups (broad SMARTS) is 1. The summed E-state index contributed by atoms with van der Waals surface area (Å²) in [6, 6.07) is 0. The molecular weight excluding hydrogens is 413 g/mol.